The molecule has 13 heavy (non-hydrogen) atoms. The normalized spacial score (nSPS) is 10.7. The van der Waals surface area contributed by atoms with E-state index in [1.54, 1.807) is 0 Å². The van der Waals surface area contributed by atoms with Crippen molar-refractivity contribution < 1.29 is 14.8 Å². The first kappa shape index (κ1) is 10.1. The molecule has 0 heterocycles. The van der Waals surface area contributed by atoms with E-state index >= 15 is 0 Å². The number of nitrogens with zero attached hydrogens (tertiary/aromatic N) is 1. The van der Waals surface area contributed by atoms with Gasteiger partial charge in [0, 0.05) is 0 Å². The fraction of sp³-hybridized carbons (Fsp3) is 0.333. The van der Waals surface area contributed by atoms with Crippen molar-refractivity contribution in [2.75, 3.05) is 13.8 Å². The Morgan fingerprint density at radius 3 is 2.54 bits per heavy atom. The Labute approximate surface area is 77.2 Å². The fourth-order valence-corrected chi connectivity index (χ4v) is 0.872. The van der Waals surface area contributed by atoms with E-state index in [1.807, 2.05) is 30.3 Å². The molecule has 0 aliphatic heterocycles. The second kappa shape index (κ2) is 5.66. The van der Waals surface area contributed by atoms with Crippen LogP contribution in [0.2, 0.25) is 0 Å². The molecule has 0 atom stereocenters. The first-order valence-electron chi connectivity index (χ1n) is 3.96. The first-order chi connectivity index (χ1) is 6.36. The van der Waals surface area contributed by atoms with Gasteiger partial charge < -0.3 is 5.11 Å². The summed E-state index contributed by atoms with van der Waals surface area (Å²) in [6.07, 6.45) is 0. The van der Waals surface area contributed by atoms with E-state index in [4.69, 9.17) is 9.94 Å². The average molecular weight is 183 g/mol. The molecule has 0 amide bonds. The maximum Gasteiger partial charge on any atom is 0.146 e. The van der Waals surface area contributed by atoms with Gasteiger partial charge in [-0.2, -0.15) is 0 Å². The van der Waals surface area contributed by atoms with Crippen LogP contribution in [0.5, 0.6) is 0 Å². The summed E-state index contributed by atoms with van der Waals surface area (Å²) in [7, 11) is 1.43. The molecule has 1 aromatic carbocycles. The molecule has 4 heteroatoms. The van der Waals surface area contributed by atoms with Gasteiger partial charge in [-0.15, -0.1) is 0 Å². The third-order valence-electron chi connectivity index (χ3n) is 1.54. The molecule has 0 aliphatic rings. The molecule has 0 bridgehead atoms. The van der Waals surface area contributed by atoms with E-state index in [2.05, 4.69) is 4.84 Å². The molecule has 0 spiro atoms. The van der Waals surface area contributed by atoms with Crippen LogP contribution in [0.1, 0.15) is 5.56 Å². The Balaban J connectivity index is 2.34. The van der Waals surface area contributed by atoms with Crippen molar-refractivity contribution in [3.05, 3.63) is 35.9 Å². The summed E-state index contributed by atoms with van der Waals surface area (Å²) in [5.74, 6) is 0. The Bertz CT molecular complexity index is 224. The maximum absolute atomic E-state index is 8.68. The highest BCUT2D eigenvalue weighted by molar-refractivity contribution is 5.13. The predicted octanol–water partition coefficient (Wildman–Crippen LogP) is 0.931. The predicted molar refractivity (Wildman–Crippen MR) is 47.2 cm³/mol. The SMILES string of the molecule is CON(CO)OCc1ccccc1. The number of aliphatic hydroxyl groups excluding tert-OH is 1. The summed E-state index contributed by atoms with van der Waals surface area (Å²) in [5, 5.41) is 9.69. The van der Waals surface area contributed by atoms with Crippen LogP contribution >= 0.6 is 0 Å². The molecule has 72 valence electrons. The van der Waals surface area contributed by atoms with Gasteiger partial charge in [0.15, 0.2) is 0 Å². The third kappa shape index (κ3) is 3.52. The van der Waals surface area contributed by atoms with Crippen molar-refractivity contribution >= 4 is 0 Å². The highest BCUT2D eigenvalue weighted by Crippen LogP contribution is 2.02. The van der Waals surface area contributed by atoms with E-state index in [-0.39, 0.29) is 6.73 Å². The van der Waals surface area contributed by atoms with E-state index in [9.17, 15) is 0 Å². The Morgan fingerprint density at radius 1 is 1.31 bits per heavy atom. The highest BCUT2D eigenvalue weighted by Gasteiger charge is 2.00. The molecule has 0 saturated carbocycles. The van der Waals surface area contributed by atoms with Crippen LogP contribution in [0.4, 0.5) is 0 Å². The van der Waals surface area contributed by atoms with Gasteiger partial charge in [0.25, 0.3) is 0 Å². The number of hydrogen-bond donors (Lipinski definition) is 1. The summed E-state index contributed by atoms with van der Waals surface area (Å²) in [6.45, 7) is 0.0958. The minimum atomic E-state index is -0.288. The summed E-state index contributed by atoms with van der Waals surface area (Å²) in [6, 6.07) is 9.66. The van der Waals surface area contributed by atoms with Gasteiger partial charge in [-0.1, -0.05) is 30.3 Å². The van der Waals surface area contributed by atoms with Gasteiger partial charge in [-0.05, 0) is 10.8 Å². The van der Waals surface area contributed by atoms with Crippen LogP contribution in [0.25, 0.3) is 0 Å². The zero-order chi connectivity index (χ0) is 9.52. The number of hydroxylamine groups is 2. The lowest BCUT2D eigenvalue weighted by molar-refractivity contribution is -0.384. The minimum absolute atomic E-state index is 0.288. The lowest BCUT2D eigenvalue weighted by Gasteiger charge is -2.15. The topological polar surface area (TPSA) is 41.9 Å². The highest BCUT2D eigenvalue weighted by atomic mass is 17.0. The number of aliphatic hydroxyl groups is 1. The van der Waals surface area contributed by atoms with Crippen LogP contribution in [-0.4, -0.2) is 24.2 Å². The molecule has 1 aromatic rings. The maximum atomic E-state index is 8.68. The Morgan fingerprint density at radius 2 is 2.00 bits per heavy atom. The van der Waals surface area contributed by atoms with E-state index in [1.165, 1.54) is 7.11 Å². The first-order valence-corrected chi connectivity index (χ1v) is 3.96. The number of hydrogen-bond acceptors (Lipinski definition) is 4. The van der Waals surface area contributed by atoms with Crippen LogP contribution < -0.4 is 0 Å². The van der Waals surface area contributed by atoms with Crippen LogP contribution in [-0.2, 0) is 16.3 Å². The molecular formula is C9H13NO3. The van der Waals surface area contributed by atoms with Crippen LogP contribution in [0.3, 0.4) is 0 Å². The van der Waals surface area contributed by atoms with Crippen LogP contribution in [0.15, 0.2) is 30.3 Å². The van der Waals surface area contributed by atoms with E-state index < -0.39 is 0 Å². The summed E-state index contributed by atoms with van der Waals surface area (Å²) in [5.41, 5.74) is 1.03. The largest absolute Gasteiger partial charge is 0.376 e. The van der Waals surface area contributed by atoms with Crippen LogP contribution in [0, 0.1) is 0 Å². The van der Waals surface area contributed by atoms with Crippen molar-refractivity contribution in [2.24, 2.45) is 0 Å². The molecule has 1 rings (SSSR count). The Kier molecular flexibility index (Phi) is 4.42. The molecule has 0 fully saturated rings. The zero-order valence-corrected chi connectivity index (χ0v) is 7.51. The van der Waals surface area contributed by atoms with Gasteiger partial charge >= 0.3 is 0 Å². The molecule has 0 aliphatic carbocycles. The molecule has 1 N–H and O–H groups in total. The summed E-state index contributed by atoms with van der Waals surface area (Å²) < 4.78 is 0. The van der Waals surface area contributed by atoms with Crippen molar-refractivity contribution in [3.63, 3.8) is 0 Å². The average Bonchev–Trinajstić information content (AvgIpc) is 2.21. The number of benzene rings is 1. The van der Waals surface area contributed by atoms with Gasteiger partial charge in [-0.3, -0.25) is 9.68 Å². The fourth-order valence-electron chi connectivity index (χ4n) is 0.872. The molecule has 0 radical (unpaired) electrons. The quantitative estimate of drug-likeness (QED) is 0.544. The lowest BCUT2D eigenvalue weighted by atomic mass is 10.2. The number of rotatable bonds is 5. The Hall–Kier alpha value is -0.940. The monoisotopic (exact) mass is 183 g/mol. The van der Waals surface area contributed by atoms with Gasteiger partial charge in [-0.25, -0.2) is 0 Å². The molecule has 4 nitrogen and oxygen atoms in total. The lowest BCUT2D eigenvalue weighted by Crippen LogP contribution is -2.23. The smallest absolute Gasteiger partial charge is 0.146 e. The minimum Gasteiger partial charge on any atom is -0.376 e. The molecular weight excluding hydrogens is 170 g/mol. The van der Waals surface area contributed by atoms with Crippen molar-refractivity contribution in [3.8, 4) is 0 Å². The second-order valence-electron chi connectivity index (χ2n) is 2.42. The summed E-state index contributed by atoms with van der Waals surface area (Å²) in [4.78, 5) is 9.77. The van der Waals surface area contributed by atoms with Crippen molar-refractivity contribution in [1.29, 1.82) is 0 Å². The zero-order valence-electron chi connectivity index (χ0n) is 7.51. The third-order valence-corrected chi connectivity index (χ3v) is 1.54. The van der Waals surface area contributed by atoms with E-state index in [0.717, 1.165) is 10.8 Å². The van der Waals surface area contributed by atoms with Crippen molar-refractivity contribution in [1.82, 2.24) is 5.23 Å². The van der Waals surface area contributed by atoms with Crippen molar-refractivity contribution in [2.45, 2.75) is 6.61 Å². The molecule has 0 aromatic heterocycles. The van der Waals surface area contributed by atoms with Gasteiger partial charge in [0.05, 0.1) is 13.7 Å². The van der Waals surface area contributed by atoms with Gasteiger partial charge in [0.2, 0.25) is 0 Å². The summed E-state index contributed by atoms with van der Waals surface area (Å²) >= 11 is 0. The standard InChI is InChI=1S/C9H13NO3/c1-12-10(8-11)13-7-9-5-3-2-4-6-9/h2-6,11H,7-8H2,1H3. The van der Waals surface area contributed by atoms with Gasteiger partial charge in [0.1, 0.15) is 6.73 Å². The molecule has 0 unspecified atom stereocenters. The van der Waals surface area contributed by atoms with E-state index in [0.29, 0.717) is 6.61 Å². The second-order valence-corrected chi connectivity index (χ2v) is 2.42. The molecule has 0 saturated heterocycles.